The Balaban J connectivity index is 2.65. The van der Waals surface area contributed by atoms with Crippen LogP contribution in [0.5, 0.6) is 0 Å². The van der Waals surface area contributed by atoms with Crippen molar-refractivity contribution < 1.29 is 14.3 Å². The Hall–Kier alpha value is -0.940. The molecule has 5 heteroatoms. The largest absolute Gasteiger partial charge is 0.378 e. The first-order valence-electron chi connectivity index (χ1n) is 6.49. The molecule has 1 amide bonds. The number of hydrogen-bond acceptors (Lipinski definition) is 4. The molecule has 5 nitrogen and oxygen atoms in total. The molecule has 18 heavy (non-hydrogen) atoms. The van der Waals surface area contributed by atoms with Gasteiger partial charge >= 0.3 is 0 Å². The molecule has 1 fully saturated rings. The fraction of sp³-hybridized carbons (Fsp3) is 0.846. The standard InChI is InChI=1S/C13H24N2O3/c1-5-14-12(17)10-9-18-7-6-15(10)8-11(16)13(2,3)4/h10H,5-9H2,1-4H3,(H,14,17). The van der Waals surface area contributed by atoms with Crippen molar-refractivity contribution in [3.05, 3.63) is 0 Å². The molecule has 1 N–H and O–H groups in total. The van der Waals surface area contributed by atoms with Gasteiger partial charge in [-0.2, -0.15) is 0 Å². The van der Waals surface area contributed by atoms with E-state index in [9.17, 15) is 9.59 Å². The normalized spacial score (nSPS) is 21.7. The molecular formula is C13H24N2O3. The molecule has 1 aliphatic heterocycles. The number of likely N-dealkylation sites (N-methyl/N-ethyl adjacent to an activating group) is 1. The van der Waals surface area contributed by atoms with Crippen LogP contribution in [0.15, 0.2) is 0 Å². The molecule has 104 valence electrons. The minimum absolute atomic E-state index is 0.0566. The number of ether oxygens (including phenoxy) is 1. The van der Waals surface area contributed by atoms with E-state index in [1.165, 1.54) is 0 Å². The molecule has 1 atom stereocenters. The summed E-state index contributed by atoms with van der Waals surface area (Å²) in [5, 5.41) is 2.79. The van der Waals surface area contributed by atoms with Crippen molar-refractivity contribution in [2.45, 2.75) is 33.7 Å². The predicted molar refractivity (Wildman–Crippen MR) is 69.3 cm³/mol. The zero-order valence-corrected chi connectivity index (χ0v) is 11.8. The monoisotopic (exact) mass is 256 g/mol. The van der Waals surface area contributed by atoms with E-state index in [1.807, 2.05) is 32.6 Å². The third-order valence-corrected chi connectivity index (χ3v) is 3.08. The highest BCUT2D eigenvalue weighted by Gasteiger charge is 2.32. The van der Waals surface area contributed by atoms with E-state index in [4.69, 9.17) is 4.74 Å². The van der Waals surface area contributed by atoms with Crippen molar-refractivity contribution in [1.82, 2.24) is 10.2 Å². The summed E-state index contributed by atoms with van der Waals surface area (Å²) < 4.78 is 5.33. The van der Waals surface area contributed by atoms with Crippen LogP contribution in [-0.4, -0.2) is 55.5 Å². The number of ketones is 1. The lowest BCUT2D eigenvalue weighted by molar-refractivity contribution is -0.137. The molecule has 1 aliphatic rings. The Morgan fingerprint density at radius 2 is 2.06 bits per heavy atom. The Morgan fingerprint density at radius 1 is 1.39 bits per heavy atom. The van der Waals surface area contributed by atoms with Gasteiger partial charge in [0.25, 0.3) is 0 Å². The van der Waals surface area contributed by atoms with E-state index in [-0.39, 0.29) is 23.1 Å². The minimum atomic E-state index is -0.371. The van der Waals surface area contributed by atoms with E-state index in [2.05, 4.69) is 5.32 Å². The van der Waals surface area contributed by atoms with Gasteiger partial charge in [-0.1, -0.05) is 20.8 Å². The van der Waals surface area contributed by atoms with Crippen molar-refractivity contribution in [2.24, 2.45) is 5.41 Å². The first-order valence-corrected chi connectivity index (χ1v) is 6.49. The number of hydrogen-bond donors (Lipinski definition) is 1. The zero-order chi connectivity index (χ0) is 13.8. The smallest absolute Gasteiger partial charge is 0.239 e. The van der Waals surface area contributed by atoms with Crippen LogP contribution in [0.2, 0.25) is 0 Å². The van der Waals surface area contributed by atoms with E-state index >= 15 is 0 Å². The summed E-state index contributed by atoms with van der Waals surface area (Å²) in [4.78, 5) is 25.9. The van der Waals surface area contributed by atoms with Gasteiger partial charge in [0.05, 0.1) is 19.8 Å². The van der Waals surface area contributed by atoms with Crippen molar-refractivity contribution in [1.29, 1.82) is 0 Å². The molecule has 0 saturated carbocycles. The number of amides is 1. The lowest BCUT2D eigenvalue weighted by atomic mass is 9.90. The minimum Gasteiger partial charge on any atom is -0.378 e. The quantitative estimate of drug-likeness (QED) is 0.793. The number of nitrogens with one attached hydrogen (secondary N) is 1. The Bertz CT molecular complexity index is 310. The van der Waals surface area contributed by atoms with Crippen LogP contribution < -0.4 is 5.32 Å². The molecular weight excluding hydrogens is 232 g/mol. The fourth-order valence-corrected chi connectivity index (χ4v) is 1.78. The van der Waals surface area contributed by atoms with Crippen molar-refractivity contribution >= 4 is 11.7 Å². The lowest BCUT2D eigenvalue weighted by Crippen LogP contribution is -2.55. The predicted octanol–water partition coefficient (Wildman–Crippen LogP) is 0.439. The summed E-state index contributed by atoms with van der Waals surface area (Å²) in [5.74, 6) is 0.0950. The van der Waals surface area contributed by atoms with Crippen molar-refractivity contribution in [3.8, 4) is 0 Å². The van der Waals surface area contributed by atoms with Crippen LogP contribution in [0.3, 0.4) is 0 Å². The maximum absolute atomic E-state index is 12.0. The van der Waals surface area contributed by atoms with Gasteiger partial charge in [0.2, 0.25) is 5.91 Å². The van der Waals surface area contributed by atoms with Gasteiger partial charge in [0, 0.05) is 18.5 Å². The second-order valence-electron chi connectivity index (χ2n) is 5.63. The Morgan fingerprint density at radius 3 is 2.61 bits per heavy atom. The number of carbonyl (C=O) groups excluding carboxylic acids is 2. The van der Waals surface area contributed by atoms with Gasteiger partial charge in [0.15, 0.2) is 5.78 Å². The molecule has 0 aliphatic carbocycles. The van der Waals surface area contributed by atoms with Crippen LogP contribution in [0.1, 0.15) is 27.7 Å². The number of morpholine rings is 1. The van der Waals surface area contributed by atoms with Crippen LogP contribution in [0.4, 0.5) is 0 Å². The molecule has 0 aromatic carbocycles. The average Bonchev–Trinajstić information content (AvgIpc) is 2.28. The number of Topliss-reactive ketones (excluding diaryl/α,β-unsaturated/α-hetero) is 1. The van der Waals surface area contributed by atoms with Crippen LogP contribution in [0.25, 0.3) is 0 Å². The molecule has 0 aromatic heterocycles. The second kappa shape index (κ2) is 6.29. The number of carbonyl (C=O) groups is 2. The summed E-state index contributed by atoms with van der Waals surface area (Å²) in [5.41, 5.74) is -0.371. The third kappa shape index (κ3) is 4.07. The molecule has 1 saturated heterocycles. The molecule has 1 heterocycles. The Labute approximate surface area is 109 Å². The maximum atomic E-state index is 12.0. The van der Waals surface area contributed by atoms with E-state index in [1.54, 1.807) is 0 Å². The fourth-order valence-electron chi connectivity index (χ4n) is 1.78. The highest BCUT2D eigenvalue weighted by molar-refractivity contribution is 5.87. The molecule has 1 unspecified atom stereocenters. The Kier molecular flexibility index (Phi) is 5.28. The maximum Gasteiger partial charge on any atom is 0.239 e. The first-order chi connectivity index (χ1) is 8.36. The van der Waals surface area contributed by atoms with Gasteiger partial charge in [-0.3, -0.25) is 14.5 Å². The zero-order valence-electron chi connectivity index (χ0n) is 11.8. The van der Waals surface area contributed by atoms with Crippen molar-refractivity contribution in [3.63, 3.8) is 0 Å². The summed E-state index contributed by atoms with van der Waals surface area (Å²) in [6.45, 7) is 10.1. The first kappa shape index (κ1) is 15.1. The number of nitrogens with zero attached hydrogens (tertiary/aromatic N) is 1. The van der Waals surface area contributed by atoms with Crippen molar-refractivity contribution in [2.75, 3.05) is 32.8 Å². The summed E-state index contributed by atoms with van der Waals surface area (Å²) in [7, 11) is 0. The topological polar surface area (TPSA) is 58.6 Å². The lowest BCUT2D eigenvalue weighted by Gasteiger charge is -2.35. The second-order valence-corrected chi connectivity index (χ2v) is 5.63. The van der Waals surface area contributed by atoms with E-state index in [0.29, 0.717) is 32.8 Å². The highest BCUT2D eigenvalue weighted by atomic mass is 16.5. The van der Waals surface area contributed by atoms with Gasteiger partial charge < -0.3 is 10.1 Å². The van der Waals surface area contributed by atoms with Gasteiger partial charge in [-0.05, 0) is 6.92 Å². The van der Waals surface area contributed by atoms with Crippen LogP contribution in [-0.2, 0) is 14.3 Å². The molecule has 0 radical (unpaired) electrons. The molecule has 0 aromatic rings. The third-order valence-electron chi connectivity index (χ3n) is 3.08. The summed E-state index contributed by atoms with van der Waals surface area (Å²) in [6, 6.07) is -0.343. The van der Waals surface area contributed by atoms with Gasteiger partial charge in [-0.15, -0.1) is 0 Å². The molecule has 1 rings (SSSR count). The average molecular weight is 256 g/mol. The van der Waals surface area contributed by atoms with E-state index < -0.39 is 0 Å². The van der Waals surface area contributed by atoms with Gasteiger partial charge in [0.1, 0.15) is 6.04 Å². The molecule has 0 bridgehead atoms. The number of rotatable bonds is 4. The molecule has 0 spiro atoms. The summed E-state index contributed by atoms with van der Waals surface area (Å²) >= 11 is 0. The van der Waals surface area contributed by atoms with Crippen LogP contribution in [0, 0.1) is 5.41 Å². The highest BCUT2D eigenvalue weighted by Crippen LogP contribution is 2.17. The van der Waals surface area contributed by atoms with Crippen LogP contribution >= 0.6 is 0 Å². The summed E-state index contributed by atoms with van der Waals surface area (Å²) in [6.07, 6.45) is 0. The van der Waals surface area contributed by atoms with Gasteiger partial charge in [-0.25, -0.2) is 0 Å². The van der Waals surface area contributed by atoms with E-state index in [0.717, 1.165) is 0 Å². The SMILES string of the molecule is CCNC(=O)C1COCCN1CC(=O)C(C)(C)C.